The van der Waals surface area contributed by atoms with Crippen LogP contribution in [0, 0.1) is 12.7 Å². The molecule has 1 N–H and O–H groups in total. The molecule has 0 saturated carbocycles. The summed E-state index contributed by atoms with van der Waals surface area (Å²) in [5, 5.41) is 3.11. The van der Waals surface area contributed by atoms with Gasteiger partial charge in [-0.1, -0.05) is 24.3 Å². The fraction of sp³-hybridized carbons (Fsp3) is 0.188. The van der Waals surface area contributed by atoms with Crippen LogP contribution < -0.4 is 5.32 Å². The van der Waals surface area contributed by atoms with Gasteiger partial charge in [0.1, 0.15) is 5.82 Å². The molecule has 1 atom stereocenters. The average molecular weight is 273 g/mol. The van der Waals surface area contributed by atoms with E-state index in [4.69, 9.17) is 4.74 Å². The van der Waals surface area contributed by atoms with E-state index in [2.05, 4.69) is 5.32 Å². The SMILES string of the molecule is COC(=O)C(Nc1cccc(C)c1)c1ccc(F)cc1. The van der Waals surface area contributed by atoms with Crippen molar-refractivity contribution < 1.29 is 13.9 Å². The number of esters is 1. The Morgan fingerprint density at radius 1 is 1.20 bits per heavy atom. The van der Waals surface area contributed by atoms with Gasteiger partial charge in [-0.15, -0.1) is 0 Å². The number of nitrogens with one attached hydrogen (secondary N) is 1. The molecule has 0 fully saturated rings. The highest BCUT2D eigenvalue weighted by Crippen LogP contribution is 2.22. The third-order valence-corrected chi connectivity index (χ3v) is 2.97. The summed E-state index contributed by atoms with van der Waals surface area (Å²) >= 11 is 0. The monoisotopic (exact) mass is 273 g/mol. The molecular weight excluding hydrogens is 257 g/mol. The van der Waals surface area contributed by atoms with Crippen LogP contribution in [-0.2, 0) is 9.53 Å². The maximum Gasteiger partial charge on any atom is 0.332 e. The van der Waals surface area contributed by atoms with Gasteiger partial charge in [0.15, 0.2) is 6.04 Å². The normalized spacial score (nSPS) is 11.8. The highest BCUT2D eigenvalue weighted by molar-refractivity contribution is 5.81. The summed E-state index contributed by atoms with van der Waals surface area (Å²) < 4.78 is 17.8. The zero-order valence-corrected chi connectivity index (χ0v) is 11.4. The Labute approximate surface area is 117 Å². The Kier molecular flexibility index (Phi) is 4.35. The van der Waals surface area contributed by atoms with Gasteiger partial charge in [0.25, 0.3) is 0 Å². The van der Waals surface area contributed by atoms with Gasteiger partial charge in [-0.2, -0.15) is 0 Å². The topological polar surface area (TPSA) is 38.3 Å². The van der Waals surface area contributed by atoms with E-state index in [0.29, 0.717) is 5.56 Å². The predicted octanol–water partition coefficient (Wildman–Crippen LogP) is 3.46. The lowest BCUT2D eigenvalue weighted by atomic mass is 10.1. The number of hydrogen-bond acceptors (Lipinski definition) is 3. The number of methoxy groups -OCH3 is 1. The van der Waals surface area contributed by atoms with Crippen LogP contribution in [0.15, 0.2) is 48.5 Å². The van der Waals surface area contributed by atoms with Crippen LogP contribution in [0.25, 0.3) is 0 Å². The van der Waals surface area contributed by atoms with Crippen molar-refractivity contribution in [2.24, 2.45) is 0 Å². The first-order valence-corrected chi connectivity index (χ1v) is 6.26. The van der Waals surface area contributed by atoms with E-state index in [9.17, 15) is 9.18 Å². The second-order valence-electron chi connectivity index (χ2n) is 4.52. The van der Waals surface area contributed by atoms with E-state index < -0.39 is 12.0 Å². The highest BCUT2D eigenvalue weighted by atomic mass is 19.1. The Morgan fingerprint density at radius 3 is 2.50 bits per heavy atom. The molecule has 0 heterocycles. The zero-order valence-electron chi connectivity index (χ0n) is 11.4. The minimum absolute atomic E-state index is 0.340. The summed E-state index contributed by atoms with van der Waals surface area (Å²) in [5.74, 6) is -0.758. The first kappa shape index (κ1) is 14.1. The van der Waals surface area contributed by atoms with Crippen LogP contribution >= 0.6 is 0 Å². The molecule has 2 aromatic rings. The Hall–Kier alpha value is -2.36. The Morgan fingerprint density at radius 2 is 1.90 bits per heavy atom. The predicted molar refractivity (Wildman–Crippen MR) is 76.0 cm³/mol. The molecule has 0 bridgehead atoms. The van der Waals surface area contributed by atoms with Crippen LogP contribution in [0.4, 0.5) is 10.1 Å². The molecule has 0 aliphatic heterocycles. The minimum Gasteiger partial charge on any atom is -0.467 e. The third-order valence-electron chi connectivity index (χ3n) is 2.97. The molecule has 0 amide bonds. The number of carbonyl (C=O) groups is 1. The van der Waals surface area contributed by atoms with Crippen molar-refractivity contribution in [3.8, 4) is 0 Å². The smallest absolute Gasteiger partial charge is 0.332 e. The zero-order chi connectivity index (χ0) is 14.5. The lowest BCUT2D eigenvalue weighted by Gasteiger charge is -2.18. The molecule has 0 aliphatic carbocycles. The van der Waals surface area contributed by atoms with Crippen molar-refractivity contribution in [2.45, 2.75) is 13.0 Å². The number of aryl methyl sites for hydroxylation is 1. The summed E-state index contributed by atoms with van der Waals surface area (Å²) in [6, 6.07) is 12.8. The van der Waals surface area contributed by atoms with Crippen LogP contribution in [0.2, 0.25) is 0 Å². The largest absolute Gasteiger partial charge is 0.467 e. The molecule has 2 rings (SSSR count). The van der Waals surface area contributed by atoms with E-state index in [-0.39, 0.29) is 5.82 Å². The second-order valence-corrected chi connectivity index (χ2v) is 4.52. The van der Waals surface area contributed by atoms with Crippen LogP contribution in [0.3, 0.4) is 0 Å². The number of carbonyl (C=O) groups excluding carboxylic acids is 1. The van der Waals surface area contributed by atoms with E-state index in [1.54, 1.807) is 12.1 Å². The molecule has 2 aromatic carbocycles. The van der Waals surface area contributed by atoms with Gasteiger partial charge in [0.05, 0.1) is 7.11 Å². The summed E-state index contributed by atoms with van der Waals surface area (Å²) in [6.07, 6.45) is 0. The van der Waals surface area contributed by atoms with E-state index in [1.165, 1.54) is 19.2 Å². The average Bonchev–Trinajstić information content (AvgIpc) is 2.45. The summed E-state index contributed by atoms with van der Waals surface area (Å²) in [6.45, 7) is 1.97. The van der Waals surface area contributed by atoms with Crippen molar-refractivity contribution in [1.82, 2.24) is 0 Å². The van der Waals surface area contributed by atoms with Crippen molar-refractivity contribution in [1.29, 1.82) is 0 Å². The molecule has 0 aliphatic rings. The number of ether oxygens (including phenoxy) is 1. The van der Waals surface area contributed by atoms with Crippen molar-refractivity contribution in [2.75, 3.05) is 12.4 Å². The fourth-order valence-electron chi connectivity index (χ4n) is 1.95. The molecule has 104 valence electrons. The molecular formula is C16H16FNO2. The maximum atomic E-state index is 13.0. The van der Waals surface area contributed by atoms with Crippen LogP contribution in [0.1, 0.15) is 17.2 Å². The number of hydrogen-bond donors (Lipinski definition) is 1. The summed E-state index contributed by atoms with van der Waals surface area (Å²) in [7, 11) is 1.33. The fourth-order valence-corrected chi connectivity index (χ4v) is 1.95. The van der Waals surface area contributed by atoms with Crippen LogP contribution in [0.5, 0.6) is 0 Å². The third kappa shape index (κ3) is 3.35. The maximum absolute atomic E-state index is 13.0. The molecule has 0 spiro atoms. The van der Waals surface area contributed by atoms with Gasteiger partial charge in [0, 0.05) is 5.69 Å². The number of rotatable bonds is 4. The molecule has 20 heavy (non-hydrogen) atoms. The number of benzene rings is 2. The van der Waals surface area contributed by atoms with Gasteiger partial charge in [-0.3, -0.25) is 0 Å². The number of anilines is 1. The molecule has 1 unspecified atom stereocenters. The van der Waals surface area contributed by atoms with Gasteiger partial charge in [-0.05, 0) is 42.3 Å². The van der Waals surface area contributed by atoms with Crippen LogP contribution in [-0.4, -0.2) is 13.1 Å². The Bertz CT molecular complexity index is 596. The van der Waals surface area contributed by atoms with Gasteiger partial charge in [-0.25, -0.2) is 9.18 Å². The summed E-state index contributed by atoms with van der Waals surface area (Å²) in [5.41, 5.74) is 2.54. The van der Waals surface area contributed by atoms with Gasteiger partial charge >= 0.3 is 5.97 Å². The van der Waals surface area contributed by atoms with Gasteiger partial charge < -0.3 is 10.1 Å². The molecule has 3 nitrogen and oxygen atoms in total. The minimum atomic E-state index is -0.664. The van der Waals surface area contributed by atoms with E-state index >= 15 is 0 Å². The second kappa shape index (κ2) is 6.19. The molecule has 0 saturated heterocycles. The molecule has 0 radical (unpaired) electrons. The first-order valence-electron chi connectivity index (χ1n) is 6.26. The van der Waals surface area contributed by atoms with E-state index in [1.807, 2.05) is 31.2 Å². The quantitative estimate of drug-likeness (QED) is 0.867. The standard InChI is InChI=1S/C16H16FNO2/c1-11-4-3-5-14(10-11)18-15(16(19)20-2)12-6-8-13(17)9-7-12/h3-10,15,18H,1-2H3. The van der Waals surface area contributed by atoms with Gasteiger partial charge in [0.2, 0.25) is 0 Å². The first-order chi connectivity index (χ1) is 9.60. The van der Waals surface area contributed by atoms with Crippen molar-refractivity contribution in [3.63, 3.8) is 0 Å². The summed E-state index contributed by atoms with van der Waals surface area (Å²) in [4.78, 5) is 11.9. The van der Waals surface area contributed by atoms with E-state index in [0.717, 1.165) is 11.3 Å². The Balaban J connectivity index is 2.28. The number of halogens is 1. The van der Waals surface area contributed by atoms with Crippen molar-refractivity contribution in [3.05, 3.63) is 65.5 Å². The lowest BCUT2D eigenvalue weighted by molar-refractivity contribution is -0.141. The molecule has 0 aromatic heterocycles. The van der Waals surface area contributed by atoms with Crippen molar-refractivity contribution >= 4 is 11.7 Å². The molecule has 4 heteroatoms. The highest BCUT2D eigenvalue weighted by Gasteiger charge is 2.21. The lowest BCUT2D eigenvalue weighted by Crippen LogP contribution is -2.22.